The van der Waals surface area contributed by atoms with Crippen LogP contribution in [0.4, 0.5) is 0 Å². The summed E-state index contributed by atoms with van der Waals surface area (Å²) in [6.07, 6.45) is 1.45. The minimum absolute atomic E-state index is 0.178. The largest absolute Gasteiger partial charge is 0.359 e. The molecule has 0 aliphatic rings. The molecule has 1 aromatic heterocycles. The van der Waals surface area contributed by atoms with Gasteiger partial charge in [0.15, 0.2) is 0 Å². The third kappa shape index (κ3) is 2.49. The van der Waals surface area contributed by atoms with E-state index < -0.39 is 9.84 Å². The standard InChI is InChI=1S/C18H18N2O3S/c1-11-7-8-12(2)15(9-11)24(22,23)16-10-20-17-13(16)5-4-6-14(17)18(21)19-3/h4-10,20H,1-3H3,(H,19,21). The molecule has 2 N–H and O–H groups in total. The molecule has 0 saturated heterocycles. The fraction of sp³-hybridized carbons (Fsp3) is 0.167. The molecular weight excluding hydrogens is 324 g/mol. The van der Waals surface area contributed by atoms with Crippen LogP contribution in [0, 0.1) is 13.8 Å². The van der Waals surface area contributed by atoms with E-state index in [-0.39, 0.29) is 15.7 Å². The van der Waals surface area contributed by atoms with E-state index in [1.165, 1.54) is 13.2 Å². The average Bonchev–Trinajstić information content (AvgIpc) is 3.01. The second-order valence-corrected chi connectivity index (χ2v) is 7.62. The number of aromatic nitrogens is 1. The SMILES string of the molecule is CNC(=O)c1cccc2c(S(=O)(=O)c3cc(C)ccc3C)c[nH]c12. The molecule has 6 heteroatoms. The summed E-state index contributed by atoms with van der Waals surface area (Å²) in [4.78, 5) is 15.4. The van der Waals surface area contributed by atoms with Gasteiger partial charge in [-0.1, -0.05) is 24.3 Å². The molecule has 0 fully saturated rings. The average molecular weight is 342 g/mol. The first kappa shape index (κ1) is 16.3. The highest BCUT2D eigenvalue weighted by Gasteiger charge is 2.25. The lowest BCUT2D eigenvalue weighted by molar-refractivity contribution is 0.0964. The molecule has 0 atom stereocenters. The van der Waals surface area contributed by atoms with E-state index in [0.717, 1.165) is 5.56 Å². The molecule has 0 bridgehead atoms. The Labute approximate surface area is 140 Å². The quantitative estimate of drug-likeness (QED) is 0.768. The number of hydrogen-bond acceptors (Lipinski definition) is 3. The van der Waals surface area contributed by atoms with Crippen LogP contribution in [0.15, 0.2) is 52.4 Å². The molecule has 1 heterocycles. The number of hydrogen-bond donors (Lipinski definition) is 2. The maximum Gasteiger partial charge on any atom is 0.253 e. The van der Waals surface area contributed by atoms with Gasteiger partial charge in [0.1, 0.15) is 0 Å². The first-order chi connectivity index (χ1) is 11.4. The number of aryl methyl sites for hydroxylation is 2. The third-order valence-electron chi connectivity index (χ3n) is 4.07. The van der Waals surface area contributed by atoms with Crippen molar-refractivity contribution >= 4 is 26.6 Å². The van der Waals surface area contributed by atoms with Crippen molar-refractivity contribution in [2.24, 2.45) is 0 Å². The summed E-state index contributed by atoms with van der Waals surface area (Å²) < 4.78 is 26.2. The Morgan fingerprint density at radius 2 is 1.83 bits per heavy atom. The van der Waals surface area contributed by atoms with Crippen molar-refractivity contribution in [2.75, 3.05) is 7.05 Å². The molecule has 24 heavy (non-hydrogen) atoms. The van der Waals surface area contributed by atoms with Crippen molar-refractivity contribution in [3.05, 3.63) is 59.3 Å². The topological polar surface area (TPSA) is 79.0 Å². The molecule has 0 aliphatic carbocycles. The normalized spacial score (nSPS) is 11.6. The van der Waals surface area contributed by atoms with E-state index in [4.69, 9.17) is 0 Å². The number of nitrogens with one attached hydrogen (secondary N) is 2. The van der Waals surface area contributed by atoms with Crippen LogP contribution in [0.1, 0.15) is 21.5 Å². The summed E-state index contributed by atoms with van der Waals surface area (Å²) in [6.45, 7) is 3.63. The highest BCUT2D eigenvalue weighted by Crippen LogP contribution is 2.31. The molecule has 0 spiro atoms. The Kier molecular flexibility index (Phi) is 3.93. The highest BCUT2D eigenvalue weighted by molar-refractivity contribution is 7.91. The number of fused-ring (bicyclic) bond motifs is 1. The van der Waals surface area contributed by atoms with E-state index in [2.05, 4.69) is 10.3 Å². The fourth-order valence-corrected chi connectivity index (χ4v) is 4.53. The lowest BCUT2D eigenvalue weighted by Crippen LogP contribution is -2.18. The molecule has 0 saturated carbocycles. The molecule has 0 aliphatic heterocycles. The molecule has 0 unspecified atom stereocenters. The molecule has 0 radical (unpaired) electrons. The fourth-order valence-electron chi connectivity index (χ4n) is 2.79. The Hall–Kier alpha value is -2.60. The molecule has 2 aromatic carbocycles. The van der Waals surface area contributed by atoms with Crippen LogP contribution in [0.25, 0.3) is 10.9 Å². The minimum atomic E-state index is -3.69. The minimum Gasteiger partial charge on any atom is -0.359 e. The molecule has 5 nitrogen and oxygen atoms in total. The number of amides is 1. The Morgan fingerprint density at radius 1 is 1.08 bits per heavy atom. The van der Waals surface area contributed by atoms with Crippen molar-refractivity contribution in [2.45, 2.75) is 23.6 Å². The number of aromatic amines is 1. The molecule has 124 valence electrons. The van der Waals surface area contributed by atoms with E-state index in [0.29, 0.717) is 22.0 Å². The summed E-state index contributed by atoms with van der Waals surface area (Å²) >= 11 is 0. The zero-order chi connectivity index (χ0) is 17.5. The van der Waals surface area contributed by atoms with Crippen molar-refractivity contribution < 1.29 is 13.2 Å². The summed E-state index contributed by atoms with van der Waals surface area (Å²) in [6, 6.07) is 10.4. The van der Waals surface area contributed by atoms with Gasteiger partial charge in [-0.3, -0.25) is 4.79 Å². The number of rotatable bonds is 3. The van der Waals surface area contributed by atoms with E-state index in [1.807, 2.05) is 13.0 Å². The van der Waals surface area contributed by atoms with Crippen LogP contribution >= 0.6 is 0 Å². The van der Waals surface area contributed by atoms with Gasteiger partial charge in [-0.2, -0.15) is 0 Å². The first-order valence-corrected chi connectivity index (χ1v) is 8.99. The summed E-state index contributed by atoms with van der Waals surface area (Å²) in [7, 11) is -2.15. The van der Waals surface area contributed by atoms with Crippen molar-refractivity contribution in [1.82, 2.24) is 10.3 Å². The third-order valence-corrected chi connectivity index (χ3v) is 6.01. The Bertz CT molecular complexity index is 1050. The number of carbonyl (C=O) groups is 1. The number of benzene rings is 2. The monoisotopic (exact) mass is 342 g/mol. The summed E-state index contributed by atoms with van der Waals surface area (Å²) in [5.41, 5.74) is 2.50. The number of sulfone groups is 1. The van der Waals surface area contributed by atoms with Gasteiger partial charge in [-0.25, -0.2) is 8.42 Å². The predicted molar refractivity (Wildman–Crippen MR) is 93.1 cm³/mol. The zero-order valence-corrected chi connectivity index (χ0v) is 14.5. The summed E-state index contributed by atoms with van der Waals surface area (Å²) in [5, 5.41) is 3.07. The van der Waals surface area contributed by atoms with Crippen LogP contribution in [0.5, 0.6) is 0 Å². The second-order valence-electron chi connectivity index (χ2n) is 5.73. The van der Waals surface area contributed by atoms with E-state index in [9.17, 15) is 13.2 Å². The van der Waals surface area contributed by atoms with Crippen LogP contribution in [-0.2, 0) is 9.84 Å². The number of H-pyrrole nitrogens is 1. The molecular formula is C18H18N2O3S. The smallest absolute Gasteiger partial charge is 0.253 e. The molecule has 3 rings (SSSR count). The summed E-state index contributed by atoms with van der Waals surface area (Å²) in [5.74, 6) is -0.266. The van der Waals surface area contributed by atoms with Crippen molar-refractivity contribution in [1.29, 1.82) is 0 Å². The number of para-hydroxylation sites is 1. The second kappa shape index (κ2) is 5.79. The van der Waals surface area contributed by atoms with Crippen molar-refractivity contribution in [3.63, 3.8) is 0 Å². The zero-order valence-electron chi connectivity index (χ0n) is 13.7. The lowest BCUT2D eigenvalue weighted by atomic mass is 10.1. The Balaban J connectivity index is 2.27. The van der Waals surface area contributed by atoms with Gasteiger partial charge in [-0.15, -0.1) is 0 Å². The van der Waals surface area contributed by atoms with Crippen LogP contribution < -0.4 is 5.32 Å². The van der Waals surface area contributed by atoms with Gasteiger partial charge >= 0.3 is 0 Å². The van der Waals surface area contributed by atoms with Crippen LogP contribution in [0.3, 0.4) is 0 Å². The van der Waals surface area contributed by atoms with Gasteiger partial charge in [0.25, 0.3) is 5.91 Å². The van der Waals surface area contributed by atoms with E-state index >= 15 is 0 Å². The Morgan fingerprint density at radius 3 is 2.54 bits per heavy atom. The van der Waals surface area contributed by atoms with Gasteiger partial charge < -0.3 is 10.3 Å². The van der Waals surface area contributed by atoms with Crippen molar-refractivity contribution in [3.8, 4) is 0 Å². The van der Waals surface area contributed by atoms with Gasteiger partial charge in [0.2, 0.25) is 9.84 Å². The van der Waals surface area contributed by atoms with Crippen LogP contribution in [-0.4, -0.2) is 26.4 Å². The predicted octanol–water partition coefficient (Wildman–Crippen LogP) is 2.98. The van der Waals surface area contributed by atoms with Gasteiger partial charge in [-0.05, 0) is 37.1 Å². The maximum absolute atomic E-state index is 13.1. The lowest BCUT2D eigenvalue weighted by Gasteiger charge is -2.08. The molecule has 1 amide bonds. The van der Waals surface area contributed by atoms with Gasteiger partial charge in [0, 0.05) is 18.6 Å². The first-order valence-electron chi connectivity index (χ1n) is 7.51. The van der Waals surface area contributed by atoms with E-state index in [1.54, 1.807) is 37.3 Å². The van der Waals surface area contributed by atoms with Crippen LogP contribution in [0.2, 0.25) is 0 Å². The number of carbonyl (C=O) groups excluding carboxylic acids is 1. The maximum atomic E-state index is 13.1. The molecule has 3 aromatic rings. The van der Waals surface area contributed by atoms with Gasteiger partial charge in [0.05, 0.1) is 20.9 Å². The highest BCUT2D eigenvalue weighted by atomic mass is 32.2.